The number of para-hydroxylation sites is 1. The Bertz CT molecular complexity index is 726. The number of hydrogen-bond donors (Lipinski definition) is 2. The monoisotopic (exact) mass is 286 g/mol. The Morgan fingerprint density at radius 1 is 1.24 bits per heavy atom. The van der Waals surface area contributed by atoms with Crippen LogP contribution >= 0.6 is 0 Å². The van der Waals surface area contributed by atoms with Gasteiger partial charge in [0.25, 0.3) is 5.91 Å². The number of carboxylic acid groups (broad SMARTS) is 1. The number of nitrogens with two attached hydrogens (primary N) is 1. The van der Waals surface area contributed by atoms with E-state index in [2.05, 4.69) is 4.98 Å². The van der Waals surface area contributed by atoms with Crippen molar-refractivity contribution < 1.29 is 19.4 Å². The molecule has 0 unspecified atom stereocenters. The molecule has 0 aliphatic carbocycles. The number of carbonyl (C=O) groups excluding carboxylic acids is 1. The van der Waals surface area contributed by atoms with E-state index in [0.29, 0.717) is 11.3 Å². The van der Waals surface area contributed by atoms with Crippen LogP contribution in [0.3, 0.4) is 0 Å². The van der Waals surface area contributed by atoms with Gasteiger partial charge in [-0.05, 0) is 37.6 Å². The van der Waals surface area contributed by atoms with Crippen LogP contribution in [-0.4, -0.2) is 22.0 Å². The number of primary amides is 1. The maximum absolute atomic E-state index is 11.5. The second-order valence-corrected chi connectivity index (χ2v) is 4.53. The molecule has 0 aliphatic heterocycles. The van der Waals surface area contributed by atoms with Crippen LogP contribution in [0.4, 0.5) is 0 Å². The Balaban J connectivity index is 2.54. The van der Waals surface area contributed by atoms with Gasteiger partial charge in [-0.3, -0.25) is 4.79 Å². The first-order valence-electron chi connectivity index (χ1n) is 6.18. The van der Waals surface area contributed by atoms with Gasteiger partial charge in [-0.2, -0.15) is 0 Å². The van der Waals surface area contributed by atoms with Gasteiger partial charge in [0.2, 0.25) is 5.88 Å². The smallest absolute Gasteiger partial charge is 0.339 e. The van der Waals surface area contributed by atoms with Crippen LogP contribution in [0.15, 0.2) is 30.3 Å². The lowest BCUT2D eigenvalue weighted by Gasteiger charge is -2.12. The first kappa shape index (κ1) is 14.5. The van der Waals surface area contributed by atoms with Crippen molar-refractivity contribution in [2.24, 2.45) is 5.73 Å². The summed E-state index contributed by atoms with van der Waals surface area (Å²) in [5.41, 5.74) is 6.72. The fourth-order valence-corrected chi connectivity index (χ4v) is 2.01. The van der Waals surface area contributed by atoms with Crippen molar-refractivity contribution in [2.75, 3.05) is 0 Å². The summed E-state index contributed by atoms with van der Waals surface area (Å²) in [4.78, 5) is 26.9. The van der Waals surface area contributed by atoms with E-state index in [-0.39, 0.29) is 22.8 Å². The fraction of sp³-hybridized carbons (Fsp3) is 0.133. The number of nitrogens with zero attached hydrogens (tertiary/aromatic N) is 1. The molecule has 6 heteroatoms. The SMILES string of the molecule is Cc1cc(C)c(C(N)=O)c(Oc2ccccc2C(=O)O)n1. The molecule has 0 radical (unpaired) electrons. The van der Waals surface area contributed by atoms with E-state index in [1.54, 1.807) is 32.0 Å². The van der Waals surface area contributed by atoms with Crippen LogP contribution in [0.2, 0.25) is 0 Å². The number of carbonyl (C=O) groups is 2. The molecule has 21 heavy (non-hydrogen) atoms. The predicted molar refractivity (Wildman–Crippen MR) is 75.7 cm³/mol. The van der Waals surface area contributed by atoms with Gasteiger partial charge in [0, 0.05) is 5.69 Å². The second kappa shape index (κ2) is 5.62. The number of amides is 1. The molecule has 0 aliphatic rings. The van der Waals surface area contributed by atoms with Crippen molar-refractivity contribution in [3.63, 3.8) is 0 Å². The molecule has 3 N–H and O–H groups in total. The minimum absolute atomic E-state index is 0.00806. The summed E-state index contributed by atoms with van der Waals surface area (Å²) in [5.74, 6) is -1.70. The minimum atomic E-state index is -1.13. The van der Waals surface area contributed by atoms with Crippen LogP contribution in [0.1, 0.15) is 32.0 Å². The molecule has 0 atom stereocenters. The Kier molecular flexibility index (Phi) is 3.89. The molecule has 0 fully saturated rings. The third kappa shape index (κ3) is 3.00. The number of rotatable bonds is 4. The van der Waals surface area contributed by atoms with E-state index < -0.39 is 11.9 Å². The van der Waals surface area contributed by atoms with E-state index in [1.165, 1.54) is 12.1 Å². The molecule has 0 saturated carbocycles. The number of ether oxygens (including phenoxy) is 1. The summed E-state index contributed by atoms with van der Waals surface area (Å²) in [6.45, 7) is 3.46. The van der Waals surface area contributed by atoms with Gasteiger partial charge in [-0.15, -0.1) is 0 Å². The molecular weight excluding hydrogens is 272 g/mol. The maximum Gasteiger partial charge on any atom is 0.339 e. The van der Waals surface area contributed by atoms with Crippen LogP contribution in [0, 0.1) is 13.8 Å². The Hall–Kier alpha value is -2.89. The van der Waals surface area contributed by atoms with E-state index in [4.69, 9.17) is 15.6 Å². The highest BCUT2D eigenvalue weighted by atomic mass is 16.5. The molecule has 1 aromatic carbocycles. The Morgan fingerprint density at radius 3 is 2.52 bits per heavy atom. The number of benzene rings is 1. The average molecular weight is 286 g/mol. The summed E-state index contributed by atoms with van der Waals surface area (Å²) in [6, 6.07) is 7.82. The van der Waals surface area contributed by atoms with Crippen molar-refractivity contribution >= 4 is 11.9 Å². The van der Waals surface area contributed by atoms with E-state index in [0.717, 1.165) is 0 Å². The Labute approximate surface area is 121 Å². The molecule has 1 heterocycles. The molecule has 6 nitrogen and oxygen atoms in total. The lowest BCUT2D eigenvalue weighted by atomic mass is 10.1. The van der Waals surface area contributed by atoms with Gasteiger partial charge in [0.1, 0.15) is 16.9 Å². The highest BCUT2D eigenvalue weighted by Gasteiger charge is 2.18. The zero-order valence-electron chi connectivity index (χ0n) is 11.6. The highest BCUT2D eigenvalue weighted by Crippen LogP contribution is 2.28. The van der Waals surface area contributed by atoms with Gasteiger partial charge < -0.3 is 15.6 Å². The van der Waals surface area contributed by atoms with Gasteiger partial charge in [0.15, 0.2) is 0 Å². The third-order valence-electron chi connectivity index (χ3n) is 2.88. The second-order valence-electron chi connectivity index (χ2n) is 4.53. The van der Waals surface area contributed by atoms with Crippen LogP contribution in [0.5, 0.6) is 11.6 Å². The van der Waals surface area contributed by atoms with Gasteiger partial charge in [0.05, 0.1) is 0 Å². The molecule has 0 saturated heterocycles. The number of carboxylic acids is 1. The molecule has 1 aromatic heterocycles. The third-order valence-corrected chi connectivity index (χ3v) is 2.88. The van der Waals surface area contributed by atoms with E-state index in [9.17, 15) is 9.59 Å². The van der Waals surface area contributed by atoms with Crippen molar-refractivity contribution in [3.8, 4) is 11.6 Å². The van der Waals surface area contributed by atoms with Gasteiger partial charge >= 0.3 is 5.97 Å². The fourth-order valence-electron chi connectivity index (χ4n) is 2.01. The lowest BCUT2D eigenvalue weighted by molar-refractivity contribution is 0.0694. The largest absolute Gasteiger partial charge is 0.478 e. The summed E-state index contributed by atoms with van der Waals surface area (Å²) < 4.78 is 5.53. The van der Waals surface area contributed by atoms with Crippen molar-refractivity contribution in [1.82, 2.24) is 4.98 Å². The van der Waals surface area contributed by atoms with Crippen LogP contribution in [-0.2, 0) is 0 Å². The first-order valence-corrected chi connectivity index (χ1v) is 6.18. The predicted octanol–water partition coefficient (Wildman–Crippen LogP) is 2.29. The standard InChI is InChI=1S/C15H14N2O4/c1-8-7-9(2)17-14(12(8)13(16)18)21-11-6-4-3-5-10(11)15(19)20/h3-7H,1-2H3,(H2,16,18)(H,19,20). The maximum atomic E-state index is 11.5. The number of aromatic nitrogens is 1. The molecule has 1 amide bonds. The molecule has 0 bridgehead atoms. The summed E-state index contributed by atoms with van der Waals surface area (Å²) in [5, 5.41) is 9.14. The minimum Gasteiger partial charge on any atom is -0.478 e. The lowest BCUT2D eigenvalue weighted by Crippen LogP contribution is -2.15. The van der Waals surface area contributed by atoms with Crippen molar-refractivity contribution in [1.29, 1.82) is 0 Å². The van der Waals surface area contributed by atoms with Crippen molar-refractivity contribution in [3.05, 3.63) is 52.7 Å². The molecule has 0 spiro atoms. The number of aryl methyl sites for hydroxylation is 2. The Morgan fingerprint density at radius 2 is 1.90 bits per heavy atom. The quantitative estimate of drug-likeness (QED) is 0.897. The number of pyridine rings is 1. The van der Waals surface area contributed by atoms with E-state index >= 15 is 0 Å². The van der Waals surface area contributed by atoms with Crippen LogP contribution < -0.4 is 10.5 Å². The van der Waals surface area contributed by atoms with Crippen LogP contribution in [0.25, 0.3) is 0 Å². The zero-order valence-corrected chi connectivity index (χ0v) is 11.6. The number of aromatic carboxylic acids is 1. The summed E-state index contributed by atoms with van der Waals surface area (Å²) >= 11 is 0. The van der Waals surface area contributed by atoms with Gasteiger partial charge in [-0.25, -0.2) is 9.78 Å². The molecule has 2 rings (SSSR count). The van der Waals surface area contributed by atoms with Crippen molar-refractivity contribution in [2.45, 2.75) is 13.8 Å². The zero-order chi connectivity index (χ0) is 15.6. The highest BCUT2D eigenvalue weighted by molar-refractivity contribution is 5.97. The van der Waals surface area contributed by atoms with Gasteiger partial charge in [-0.1, -0.05) is 12.1 Å². The van der Waals surface area contributed by atoms with E-state index in [1.807, 2.05) is 0 Å². The average Bonchev–Trinajstić information content (AvgIpc) is 2.37. The molecule has 2 aromatic rings. The topological polar surface area (TPSA) is 103 Å². The molecular formula is C15H14N2O4. The number of hydrogen-bond acceptors (Lipinski definition) is 4. The summed E-state index contributed by atoms with van der Waals surface area (Å²) in [7, 11) is 0. The summed E-state index contributed by atoms with van der Waals surface area (Å²) in [6.07, 6.45) is 0. The molecule has 108 valence electrons. The first-order chi connectivity index (χ1) is 9.90. The normalized spacial score (nSPS) is 10.2.